The summed E-state index contributed by atoms with van der Waals surface area (Å²) in [4.78, 5) is 0. The summed E-state index contributed by atoms with van der Waals surface area (Å²) in [6.45, 7) is 2.70. The van der Waals surface area contributed by atoms with Crippen LogP contribution in [0.2, 0.25) is 0 Å². The van der Waals surface area contributed by atoms with Crippen molar-refractivity contribution in [2.45, 2.75) is 19.0 Å². The molecule has 0 aliphatic carbocycles. The van der Waals surface area contributed by atoms with Gasteiger partial charge in [-0.2, -0.15) is 0 Å². The van der Waals surface area contributed by atoms with Crippen molar-refractivity contribution in [2.75, 3.05) is 33.4 Å². The minimum atomic E-state index is -0.966. The van der Waals surface area contributed by atoms with Gasteiger partial charge >= 0.3 is 0 Å². The van der Waals surface area contributed by atoms with Crippen LogP contribution >= 0.6 is 0 Å². The van der Waals surface area contributed by atoms with Crippen LogP contribution in [-0.2, 0) is 4.74 Å². The maximum atomic E-state index is 14.6. The average molecular weight is 267 g/mol. The Morgan fingerprint density at radius 2 is 2.21 bits per heavy atom. The maximum absolute atomic E-state index is 14.6. The van der Waals surface area contributed by atoms with Crippen LogP contribution in [0.15, 0.2) is 24.3 Å². The van der Waals surface area contributed by atoms with Crippen LogP contribution in [0.5, 0.6) is 5.75 Å². The number of benzene rings is 1. The van der Waals surface area contributed by atoms with Crippen molar-refractivity contribution in [2.24, 2.45) is 5.92 Å². The Morgan fingerprint density at radius 3 is 2.95 bits per heavy atom. The summed E-state index contributed by atoms with van der Waals surface area (Å²) in [5.74, 6) is 0.679. The quantitative estimate of drug-likeness (QED) is 0.804. The molecule has 19 heavy (non-hydrogen) atoms. The lowest BCUT2D eigenvalue weighted by atomic mass is 9.90. The fraction of sp³-hybridized carbons (Fsp3) is 0.600. The molecule has 3 nitrogen and oxygen atoms in total. The summed E-state index contributed by atoms with van der Waals surface area (Å²) >= 11 is 0. The summed E-state index contributed by atoms with van der Waals surface area (Å²) in [5, 5.41) is 3.26. The molecular formula is C15H22FNO2. The molecule has 1 aromatic rings. The first-order valence-corrected chi connectivity index (χ1v) is 6.88. The average Bonchev–Trinajstić information content (AvgIpc) is 2.48. The summed E-state index contributed by atoms with van der Waals surface area (Å²) < 4.78 is 25.2. The predicted molar refractivity (Wildman–Crippen MR) is 73.3 cm³/mol. The third-order valence-electron chi connectivity index (χ3n) is 3.51. The summed E-state index contributed by atoms with van der Waals surface area (Å²) in [6, 6.07) is 7.38. The second-order valence-electron chi connectivity index (χ2n) is 4.89. The van der Waals surface area contributed by atoms with Gasteiger partial charge in [0.1, 0.15) is 18.5 Å². The van der Waals surface area contributed by atoms with Crippen LogP contribution in [0.3, 0.4) is 0 Å². The zero-order chi connectivity index (χ0) is 13.5. The van der Waals surface area contributed by atoms with Gasteiger partial charge in [-0.15, -0.1) is 0 Å². The SMILES string of the molecule is COCCOc1ccccc1C(F)C1CCCNC1. The van der Waals surface area contributed by atoms with Crippen LogP contribution in [-0.4, -0.2) is 33.4 Å². The Kier molecular flexibility index (Phi) is 5.61. The highest BCUT2D eigenvalue weighted by Crippen LogP contribution is 2.35. The predicted octanol–water partition coefficient (Wildman–Crippen LogP) is 2.72. The summed E-state index contributed by atoms with van der Waals surface area (Å²) in [7, 11) is 1.63. The number of rotatable bonds is 6. The van der Waals surface area contributed by atoms with Crippen molar-refractivity contribution < 1.29 is 13.9 Å². The van der Waals surface area contributed by atoms with E-state index in [0.29, 0.717) is 24.5 Å². The molecule has 0 spiro atoms. The Labute approximate surface area is 114 Å². The number of methoxy groups -OCH3 is 1. The molecule has 2 rings (SSSR count). The lowest BCUT2D eigenvalue weighted by Gasteiger charge is -2.27. The van der Waals surface area contributed by atoms with E-state index in [9.17, 15) is 4.39 Å². The molecule has 1 heterocycles. The monoisotopic (exact) mass is 267 g/mol. The standard InChI is InChI=1S/C15H22FNO2/c1-18-9-10-19-14-7-3-2-6-13(14)15(16)12-5-4-8-17-11-12/h2-3,6-7,12,15,17H,4-5,8-11H2,1H3. The zero-order valence-electron chi connectivity index (χ0n) is 11.4. The largest absolute Gasteiger partial charge is 0.491 e. The Balaban J connectivity index is 2.04. The molecule has 0 saturated carbocycles. The highest BCUT2D eigenvalue weighted by atomic mass is 19.1. The van der Waals surface area contributed by atoms with Crippen molar-refractivity contribution in [1.82, 2.24) is 5.32 Å². The Hall–Kier alpha value is -1.13. The second kappa shape index (κ2) is 7.46. The molecule has 1 aliphatic rings. The second-order valence-corrected chi connectivity index (χ2v) is 4.89. The fourth-order valence-corrected chi connectivity index (χ4v) is 2.46. The molecule has 0 bridgehead atoms. The van der Waals surface area contributed by atoms with Gasteiger partial charge in [0.05, 0.1) is 6.61 Å². The number of para-hydroxylation sites is 1. The van der Waals surface area contributed by atoms with E-state index in [-0.39, 0.29) is 5.92 Å². The molecule has 1 fully saturated rings. The maximum Gasteiger partial charge on any atom is 0.133 e. The van der Waals surface area contributed by atoms with Crippen molar-refractivity contribution in [1.29, 1.82) is 0 Å². The summed E-state index contributed by atoms with van der Waals surface area (Å²) in [6.07, 6.45) is 1.00. The van der Waals surface area contributed by atoms with Crippen molar-refractivity contribution in [3.63, 3.8) is 0 Å². The minimum Gasteiger partial charge on any atom is -0.491 e. The van der Waals surface area contributed by atoms with Crippen molar-refractivity contribution in [3.8, 4) is 5.75 Å². The van der Waals surface area contributed by atoms with E-state index in [4.69, 9.17) is 9.47 Å². The van der Waals surface area contributed by atoms with Crippen molar-refractivity contribution >= 4 is 0 Å². The van der Waals surface area contributed by atoms with Crippen molar-refractivity contribution in [3.05, 3.63) is 29.8 Å². The number of nitrogens with one attached hydrogen (secondary N) is 1. The van der Waals surface area contributed by atoms with E-state index in [1.54, 1.807) is 7.11 Å². The van der Waals surface area contributed by atoms with Crippen LogP contribution in [0.1, 0.15) is 24.6 Å². The summed E-state index contributed by atoms with van der Waals surface area (Å²) in [5.41, 5.74) is 0.660. The number of hydrogen-bond donors (Lipinski definition) is 1. The normalized spacial score (nSPS) is 21.1. The Morgan fingerprint density at radius 1 is 1.37 bits per heavy atom. The van der Waals surface area contributed by atoms with Gasteiger partial charge in [-0.25, -0.2) is 4.39 Å². The lowest BCUT2D eigenvalue weighted by Crippen LogP contribution is -2.32. The number of halogens is 1. The highest BCUT2D eigenvalue weighted by Gasteiger charge is 2.26. The molecule has 0 radical (unpaired) electrons. The molecule has 1 aromatic carbocycles. The third kappa shape index (κ3) is 3.91. The van der Waals surface area contributed by atoms with E-state index in [1.807, 2.05) is 24.3 Å². The van der Waals surface area contributed by atoms with E-state index >= 15 is 0 Å². The van der Waals surface area contributed by atoms with E-state index in [0.717, 1.165) is 25.9 Å². The van der Waals surface area contributed by atoms with Gasteiger partial charge in [-0.3, -0.25) is 0 Å². The first kappa shape index (κ1) is 14.3. The van der Waals surface area contributed by atoms with Crippen LogP contribution in [0, 0.1) is 5.92 Å². The molecule has 2 unspecified atom stereocenters. The molecule has 2 atom stereocenters. The van der Waals surface area contributed by atoms with Crippen LogP contribution in [0.4, 0.5) is 4.39 Å². The fourth-order valence-electron chi connectivity index (χ4n) is 2.46. The highest BCUT2D eigenvalue weighted by molar-refractivity contribution is 5.35. The van der Waals surface area contributed by atoms with E-state index in [1.165, 1.54) is 0 Å². The topological polar surface area (TPSA) is 30.5 Å². The van der Waals surface area contributed by atoms with Gasteiger partial charge in [-0.05, 0) is 25.5 Å². The third-order valence-corrected chi connectivity index (χ3v) is 3.51. The molecule has 4 heteroatoms. The number of ether oxygens (including phenoxy) is 2. The number of alkyl halides is 1. The zero-order valence-corrected chi connectivity index (χ0v) is 11.4. The first-order valence-electron chi connectivity index (χ1n) is 6.88. The van der Waals surface area contributed by atoms with E-state index in [2.05, 4.69) is 5.32 Å². The molecular weight excluding hydrogens is 245 g/mol. The molecule has 1 saturated heterocycles. The van der Waals surface area contributed by atoms with Gasteiger partial charge in [-0.1, -0.05) is 18.2 Å². The number of hydrogen-bond acceptors (Lipinski definition) is 3. The lowest BCUT2D eigenvalue weighted by molar-refractivity contribution is 0.141. The smallest absolute Gasteiger partial charge is 0.133 e. The van der Waals surface area contributed by atoms with Gasteiger partial charge in [0.25, 0.3) is 0 Å². The number of piperidine rings is 1. The Bertz CT molecular complexity index is 380. The minimum absolute atomic E-state index is 0.0425. The molecule has 0 amide bonds. The van der Waals surface area contributed by atoms with E-state index < -0.39 is 6.17 Å². The van der Waals surface area contributed by atoms with Crippen LogP contribution in [0.25, 0.3) is 0 Å². The van der Waals surface area contributed by atoms with Crippen LogP contribution < -0.4 is 10.1 Å². The molecule has 1 N–H and O–H groups in total. The molecule has 106 valence electrons. The van der Waals surface area contributed by atoms with Gasteiger partial charge in [0.15, 0.2) is 0 Å². The van der Waals surface area contributed by atoms with Gasteiger partial charge in [0.2, 0.25) is 0 Å². The van der Waals surface area contributed by atoms with Gasteiger partial charge < -0.3 is 14.8 Å². The van der Waals surface area contributed by atoms with Gasteiger partial charge in [0, 0.05) is 25.1 Å². The molecule has 0 aromatic heterocycles. The molecule has 1 aliphatic heterocycles. The first-order chi connectivity index (χ1) is 9.33.